The van der Waals surface area contributed by atoms with Crippen molar-refractivity contribution in [3.05, 3.63) is 218 Å². The summed E-state index contributed by atoms with van der Waals surface area (Å²) >= 11 is 0. The van der Waals surface area contributed by atoms with E-state index in [9.17, 15) is 13.2 Å². The summed E-state index contributed by atoms with van der Waals surface area (Å²) in [5, 5.41) is 0. The Morgan fingerprint density at radius 2 is 0.277 bits per heavy atom. The van der Waals surface area contributed by atoms with Crippen LogP contribution in [0.1, 0.15) is 133 Å². The second-order valence-corrected chi connectivity index (χ2v) is 11.7. The van der Waals surface area contributed by atoms with Crippen molar-refractivity contribution in [3.63, 3.8) is 0 Å². The molecule has 6 rings (SSSR count). The molecule has 0 N–H and O–H groups in total. The first-order valence-corrected chi connectivity index (χ1v) is 24.5. The Balaban J connectivity index is -0.0000000411. The van der Waals surface area contributed by atoms with Crippen molar-refractivity contribution in [1.29, 1.82) is 0 Å². The van der Waals surface area contributed by atoms with Gasteiger partial charge >= 0.3 is 0 Å². The van der Waals surface area contributed by atoms with Gasteiger partial charge in [-0.25, -0.2) is 8.42 Å². The van der Waals surface area contributed by atoms with E-state index in [1.807, 2.05) is 315 Å². The molecular weight excluding hydrogens is 817 g/mol. The van der Waals surface area contributed by atoms with Gasteiger partial charge in [0.25, 0.3) is 0 Å². The number of carbonyl (C=O) groups is 1. The number of ketones is 1. The average Bonchev–Trinajstić information content (AvgIpc) is 3.37. The van der Waals surface area contributed by atoms with E-state index in [4.69, 9.17) is 0 Å². The zero-order chi connectivity index (χ0) is 50.2. The van der Waals surface area contributed by atoms with E-state index in [0.717, 1.165) is 12.5 Å². The van der Waals surface area contributed by atoms with Gasteiger partial charge in [-0.15, -0.1) is 0 Å². The third-order valence-electron chi connectivity index (χ3n) is 4.00. The maximum Gasteiger partial charge on any atom is 0.144 e. The van der Waals surface area contributed by atoms with Gasteiger partial charge in [0.15, 0.2) is 0 Å². The molecule has 6 aromatic carbocycles. The third kappa shape index (κ3) is 200. The lowest BCUT2D eigenvalue weighted by molar-refractivity contribution is -0.115. The van der Waals surface area contributed by atoms with Gasteiger partial charge in [-0.2, -0.15) is 0 Å². The summed E-state index contributed by atoms with van der Waals surface area (Å²) in [5.41, 5.74) is 0. The maximum absolute atomic E-state index is 9.63. The summed E-state index contributed by atoms with van der Waals surface area (Å²) in [4.78, 5) is 9.44. The van der Waals surface area contributed by atoms with Crippen molar-refractivity contribution in [3.8, 4) is 0 Å². The smallest absolute Gasteiger partial charge is 0.144 e. The predicted octanol–water partition coefficient (Wildman–Crippen LogP) is 19.7. The number of ether oxygens (including phenoxy) is 1. The summed E-state index contributed by atoms with van der Waals surface area (Å²) < 4.78 is 23.5. The van der Waals surface area contributed by atoms with E-state index in [2.05, 4.69) is 4.74 Å². The van der Waals surface area contributed by atoms with Crippen molar-refractivity contribution < 1.29 is 17.9 Å². The lowest BCUT2D eigenvalue weighted by Crippen LogP contribution is -1.86. The van der Waals surface area contributed by atoms with Gasteiger partial charge in [-0.3, -0.25) is 0 Å². The largest absolute Gasteiger partial charge is 0.388 e. The Morgan fingerprint density at radius 3 is 0.292 bits per heavy atom. The number of hydrogen-bond acceptors (Lipinski definition) is 4. The summed E-state index contributed by atoms with van der Waals surface area (Å²) in [6, 6.07) is 72.0. The number of rotatable bonds is 0. The Bertz CT molecular complexity index is 1020. The van der Waals surface area contributed by atoms with Crippen LogP contribution >= 0.6 is 0 Å². The Labute approximate surface area is 409 Å². The molecule has 0 bridgehead atoms. The molecule has 0 aliphatic rings. The first-order valence-electron chi connectivity index (χ1n) is 22.2. The molecule has 0 aliphatic carbocycles. The number of carbonyl (C=O) groups excluding carboxylic acids is 1. The second kappa shape index (κ2) is 118. The number of benzene rings is 6. The summed E-state index contributed by atoms with van der Waals surface area (Å²) in [6.07, 6.45) is 2.32. The normalized spacial score (nSPS) is 6.65. The zero-order valence-electron chi connectivity index (χ0n) is 43.3. The standard InChI is InChI=1S/6C6H6.C3H6O.C2H6O2S.C2H6O.7C2H6.3CH4/c6*1-2-4-6-5-3-1;1-3(2)4;1-5(2,3)4;1-3-2;7*1-2;;;/h6*1-6H;1-2H3;1-2H3;1-2H3;7*1-2H3;3*1H4. The lowest BCUT2D eigenvalue weighted by atomic mass is 10.4. The quantitative estimate of drug-likeness (QED) is 0.152. The lowest BCUT2D eigenvalue weighted by Gasteiger charge is -1.69. The molecular formula is C60H108O4S. The molecule has 0 aliphatic heterocycles. The van der Waals surface area contributed by atoms with Crippen molar-refractivity contribution >= 4 is 15.6 Å². The van der Waals surface area contributed by atoms with E-state index < -0.39 is 9.84 Å². The van der Waals surface area contributed by atoms with Crippen LogP contribution in [0.4, 0.5) is 0 Å². The molecule has 0 atom stereocenters. The minimum absolute atomic E-state index is 0. The highest BCUT2D eigenvalue weighted by Crippen LogP contribution is 1.83. The Kier molecular flexibility index (Phi) is 172. The van der Waals surface area contributed by atoms with Crippen LogP contribution in [0.25, 0.3) is 0 Å². The molecule has 6 aromatic rings. The predicted molar refractivity (Wildman–Crippen MR) is 308 cm³/mol. The van der Waals surface area contributed by atoms with Gasteiger partial charge in [0.05, 0.1) is 0 Å². The van der Waals surface area contributed by atoms with E-state index in [0.29, 0.717) is 0 Å². The summed E-state index contributed by atoms with van der Waals surface area (Å²) in [5.74, 6) is 0.167. The highest BCUT2D eigenvalue weighted by atomic mass is 32.2. The van der Waals surface area contributed by atoms with Crippen LogP contribution in [0.5, 0.6) is 0 Å². The number of hydrogen-bond donors (Lipinski definition) is 0. The van der Waals surface area contributed by atoms with Crippen LogP contribution in [0.2, 0.25) is 0 Å². The van der Waals surface area contributed by atoms with Crippen LogP contribution in [0, 0.1) is 0 Å². The molecule has 0 spiro atoms. The van der Waals surface area contributed by atoms with Crippen LogP contribution in [0.3, 0.4) is 0 Å². The monoisotopic (exact) mass is 925 g/mol. The number of methoxy groups -OCH3 is 1. The van der Waals surface area contributed by atoms with Crippen LogP contribution < -0.4 is 0 Å². The maximum atomic E-state index is 9.63. The Morgan fingerprint density at radius 1 is 0.262 bits per heavy atom. The van der Waals surface area contributed by atoms with Crippen LogP contribution in [-0.2, 0) is 19.4 Å². The highest BCUT2D eigenvalue weighted by Gasteiger charge is 1.79. The Hall–Kier alpha value is -5.10. The molecule has 4 nitrogen and oxygen atoms in total. The van der Waals surface area contributed by atoms with Gasteiger partial charge < -0.3 is 9.53 Å². The minimum Gasteiger partial charge on any atom is -0.388 e. The topological polar surface area (TPSA) is 60.4 Å². The molecule has 0 radical (unpaired) electrons. The van der Waals surface area contributed by atoms with Gasteiger partial charge in [-0.1, -0.05) is 338 Å². The van der Waals surface area contributed by atoms with Crippen molar-refractivity contribution in [2.24, 2.45) is 0 Å². The molecule has 0 fully saturated rings. The highest BCUT2D eigenvalue weighted by molar-refractivity contribution is 7.89. The van der Waals surface area contributed by atoms with E-state index >= 15 is 0 Å². The summed E-state index contributed by atoms with van der Waals surface area (Å²) in [6.45, 7) is 31.1. The van der Waals surface area contributed by atoms with Crippen molar-refractivity contribution in [2.45, 2.75) is 133 Å². The molecule has 0 aromatic heterocycles. The molecule has 0 heterocycles. The molecule has 0 amide bonds. The van der Waals surface area contributed by atoms with E-state index in [-0.39, 0.29) is 28.1 Å². The minimum atomic E-state index is -2.67. The molecule has 0 saturated heterocycles. The first kappa shape index (κ1) is 94.5. The second-order valence-electron chi connectivity index (χ2n) is 9.39. The van der Waals surface area contributed by atoms with Crippen molar-refractivity contribution in [1.82, 2.24) is 0 Å². The van der Waals surface area contributed by atoms with Gasteiger partial charge in [0, 0.05) is 26.7 Å². The van der Waals surface area contributed by atoms with E-state index in [1.54, 1.807) is 14.2 Å². The molecule has 0 unspecified atom stereocenters. The fourth-order valence-corrected chi connectivity index (χ4v) is 2.31. The fraction of sp³-hybridized carbons (Fsp3) is 0.383. The molecule has 5 heteroatoms. The molecule has 378 valence electrons. The number of Topliss-reactive ketones (excluding diaryl/α,β-unsaturated/α-hetero) is 1. The number of sulfone groups is 1. The first-order chi connectivity index (χ1) is 30.1. The van der Waals surface area contributed by atoms with Crippen LogP contribution in [-0.4, -0.2) is 40.9 Å². The fourth-order valence-electron chi connectivity index (χ4n) is 2.31. The average molecular weight is 926 g/mol. The third-order valence-corrected chi connectivity index (χ3v) is 4.00. The van der Waals surface area contributed by atoms with E-state index in [1.165, 1.54) is 13.8 Å². The van der Waals surface area contributed by atoms with Crippen molar-refractivity contribution in [2.75, 3.05) is 26.7 Å². The SMILES string of the molecule is C.C.C.CC.CC.CC.CC.CC.CC.CC.CC(C)=O.COC.CS(C)(=O)=O.c1ccccc1.c1ccccc1.c1ccccc1.c1ccccc1.c1ccccc1.c1ccccc1. The van der Waals surface area contributed by atoms with Crippen LogP contribution in [0.15, 0.2) is 218 Å². The molecule has 65 heavy (non-hydrogen) atoms. The van der Waals surface area contributed by atoms with Gasteiger partial charge in [-0.05, 0) is 13.8 Å². The summed E-state index contributed by atoms with van der Waals surface area (Å²) in [7, 11) is 0.583. The zero-order valence-corrected chi connectivity index (χ0v) is 44.1. The molecule has 0 saturated carbocycles. The van der Waals surface area contributed by atoms with Gasteiger partial charge in [0.2, 0.25) is 0 Å². The van der Waals surface area contributed by atoms with Gasteiger partial charge in [0.1, 0.15) is 15.6 Å².